The Kier molecular flexibility index (Phi) is 4.58. The molecular weight excluding hydrogens is 236 g/mol. The number of nitrogens with two attached hydrogens (primary N) is 1. The van der Waals surface area contributed by atoms with Crippen LogP contribution in [0.3, 0.4) is 0 Å². The largest absolute Gasteiger partial charge is 0.382 e. The summed E-state index contributed by atoms with van der Waals surface area (Å²) >= 11 is 0. The van der Waals surface area contributed by atoms with Crippen molar-refractivity contribution in [2.24, 2.45) is 0 Å². The van der Waals surface area contributed by atoms with Gasteiger partial charge in [-0.1, -0.05) is 30.3 Å². The average Bonchev–Trinajstić information content (AvgIpc) is 2.81. The molecule has 19 heavy (non-hydrogen) atoms. The van der Waals surface area contributed by atoms with E-state index in [4.69, 9.17) is 5.73 Å². The molecule has 102 valence electrons. The summed E-state index contributed by atoms with van der Waals surface area (Å²) in [6, 6.07) is 12.9. The molecule has 2 aromatic rings. The second-order valence-electron chi connectivity index (χ2n) is 5.05. The van der Waals surface area contributed by atoms with Gasteiger partial charge in [0.2, 0.25) is 0 Å². The van der Waals surface area contributed by atoms with Crippen molar-refractivity contribution in [3.63, 3.8) is 0 Å². The molecule has 4 nitrogen and oxygen atoms in total. The lowest BCUT2D eigenvalue weighted by Gasteiger charge is -2.26. The van der Waals surface area contributed by atoms with E-state index >= 15 is 0 Å². The number of nitrogen functional groups attached to an aromatic ring is 1. The van der Waals surface area contributed by atoms with Gasteiger partial charge in [0.05, 0.1) is 6.54 Å². The Labute approximate surface area is 114 Å². The summed E-state index contributed by atoms with van der Waals surface area (Å²) in [5.41, 5.74) is 6.97. The van der Waals surface area contributed by atoms with Crippen molar-refractivity contribution in [3.8, 4) is 0 Å². The smallest absolute Gasteiger partial charge is 0.145 e. The highest BCUT2D eigenvalue weighted by molar-refractivity contribution is 5.23. The second kappa shape index (κ2) is 6.38. The van der Waals surface area contributed by atoms with Crippen LogP contribution in [0.2, 0.25) is 0 Å². The minimum Gasteiger partial charge on any atom is -0.382 e. The molecule has 0 aliphatic heterocycles. The molecule has 1 heterocycles. The molecule has 0 spiro atoms. The number of hydrogen-bond donors (Lipinski definition) is 1. The highest BCUT2D eigenvalue weighted by atomic mass is 15.3. The Bertz CT molecular complexity index is 490. The molecule has 0 aliphatic rings. The number of benzene rings is 1. The predicted octanol–water partition coefficient (Wildman–Crippen LogP) is 2.38. The van der Waals surface area contributed by atoms with E-state index in [9.17, 15) is 0 Å². The number of anilines is 1. The lowest BCUT2D eigenvalue weighted by Crippen LogP contribution is -2.33. The van der Waals surface area contributed by atoms with Gasteiger partial charge < -0.3 is 5.73 Å². The molecule has 0 aliphatic carbocycles. The van der Waals surface area contributed by atoms with Crippen molar-refractivity contribution in [1.82, 2.24) is 14.7 Å². The summed E-state index contributed by atoms with van der Waals surface area (Å²) in [4.78, 5) is 2.44. The highest BCUT2D eigenvalue weighted by Crippen LogP contribution is 2.08. The first-order valence-electron chi connectivity index (χ1n) is 6.72. The van der Waals surface area contributed by atoms with Crippen LogP contribution < -0.4 is 5.73 Å². The highest BCUT2D eigenvalue weighted by Gasteiger charge is 2.10. The Balaban J connectivity index is 1.93. The fraction of sp³-hybridized carbons (Fsp3) is 0.400. The summed E-state index contributed by atoms with van der Waals surface area (Å²) in [5.74, 6) is 0.583. The molecule has 0 radical (unpaired) electrons. The summed E-state index contributed by atoms with van der Waals surface area (Å²) in [6.07, 6.45) is 1.93. The van der Waals surface area contributed by atoms with E-state index < -0.39 is 0 Å². The molecule has 1 aromatic carbocycles. The first-order chi connectivity index (χ1) is 9.15. The zero-order valence-corrected chi connectivity index (χ0v) is 11.7. The van der Waals surface area contributed by atoms with Gasteiger partial charge >= 0.3 is 0 Å². The molecule has 2 rings (SSSR count). The summed E-state index contributed by atoms with van der Waals surface area (Å²) in [6.45, 7) is 7.24. The maximum atomic E-state index is 5.62. The minimum absolute atomic E-state index is 0.508. The van der Waals surface area contributed by atoms with Gasteiger partial charge in [0, 0.05) is 25.3 Å². The van der Waals surface area contributed by atoms with Gasteiger partial charge in [-0.2, -0.15) is 5.10 Å². The Morgan fingerprint density at radius 3 is 2.53 bits per heavy atom. The standard InChI is InChI=1S/C15H22N4/c1-13(2)18(12-14-6-4-3-5-7-14)10-11-19-9-8-15(16)17-19/h3-9,13H,10-12H2,1-2H3,(H2,16,17). The summed E-state index contributed by atoms with van der Waals surface area (Å²) in [5, 5.41) is 4.22. The molecule has 2 N–H and O–H groups in total. The number of nitrogens with zero attached hydrogens (tertiary/aromatic N) is 3. The molecule has 0 unspecified atom stereocenters. The van der Waals surface area contributed by atoms with E-state index in [1.54, 1.807) is 0 Å². The van der Waals surface area contributed by atoms with Crippen LogP contribution in [0.4, 0.5) is 5.82 Å². The van der Waals surface area contributed by atoms with E-state index in [1.807, 2.05) is 16.9 Å². The Morgan fingerprint density at radius 1 is 1.21 bits per heavy atom. The van der Waals surface area contributed by atoms with Gasteiger partial charge in [-0.15, -0.1) is 0 Å². The van der Waals surface area contributed by atoms with Gasteiger partial charge in [0.1, 0.15) is 5.82 Å². The third kappa shape index (κ3) is 4.10. The third-order valence-electron chi connectivity index (χ3n) is 3.24. The lowest BCUT2D eigenvalue weighted by atomic mass is 10.2. The van der Waals surface area contributed by atoms with Crippen LogP contribution in [0.15, 0.2) is 42.6 Å². The van der Waals surface area contributed by atoms with Crippen molar-refractivity contribution >= 4 is 5.82 Å². The van der Waals surface area contributed by atoms with Crippen molar-refractivity contribution in [2.45, 2.75) is 33.0 Å². The van der Waals surface area contributed by atoms with Crippen LogP contribution in [0.5, 0.6) is 0 Å². The summed E-state index contributed by atoms with van der Waals surface area (Å²) < 4.78 is 1.90. The van der Waals surface area contributed by atoms with Crippen molar-refractivity contribution in [1.29, 1.82) is 0 Å². The van der Waals surface area contributed by atoms with Crippen LogP contribution in [0, 0.1) is 0 Å². The quantitative estimate of drug-likeness (QED) is 0.865. The van der Waals surface area contributed by atoms with Crippen LogP contribution in [0.1, 0.15) is 19.4 Å². The molecular formula is C15H22N4. The van der Waals surface area contributed by atoms with Crippen LogP contribution in [0.25, 0.3) is 0 Å². The first kappa shape index (κ1) is 13.6. The van der Waals surface area contributed by atoms with Gasteiger partial charge in [-0.3, -0.25) is 9.58 Å². The fourth-order valence-corrected chi connectivity index (χ4v) is 2.07. The maximum Gasteiger partial charge on any atom is 0.145 e. The van der Waals surface area contributed by atoms with E-state index in [-0.39, 0.29) is 0 Å². The lowest BCUT2D eigenvalue weighted by molar-refractivity contribution is 0.201. The molecule has 0 atom stereocenters. The van der Waals surface area contributed by atoms with E-state index in [2.05, 4.69) is 54.2 Å². The zero-order valence-electron chi connectivity index (χ0n) is 11.7. The van der Waals surface area contributed by atoms with E-state index in [0.717, 1.165) is 19.6 Å². The van der Waals surface area contributed by atoms with Crippen LogP contribution in [-0.2, 0) is 13.1 Å². The second-order valence-corrected chi connectivity index (χ2v) is 5.05. The Hall–Kier alpha value is -1.81. The van der Waals surface area contributed by atoms with Crippen molar-refractivity contribution in [3.05, 3.63) is 48.2 Å². The monoisotopic (exact) mass is 258 g/mol. The molecule has 1 aromatic heterocycles. The normalized spacial score (nSPS) is 11.4. The molecule has 0 saturated heterocycles. The maximum absolute atomic E-state index is 5.62. The summed E-state index contributed by atoms with van der Waals surface area (Å²) in [7, 11) is 0. The number of rotatable bonds is 6. The van der Waals surface area contributed by atoms with Crippen molar-refractivity contribution < 1.29 is 0 Å². The van der Waals surface area contributed by atoms with Gasteiger partial charge in [-0.05, 0) is 25.5 Å². The predicted molar refractivity (Wildman–Crippen MR) is 78.6 cm³/mol. The molecule has 0 fully saturated rings. The SMILES string of the molecule is CC(C)N(CCn1ccc(N)n1)Cc1ccccc1. The third-order valence-corrected chi connectivity index (χ3v) is 3.24. The molecule has 0 saturated carbocycles. The molecule has 0 bridgehead atoms. The van der Waals surface area contributed by atoms with E-state index in [1.165, 1.54) is 5.56 Å². The van der Waals surface area contributed by atoms with Gasteiger partial charge in [-0.25, -0.2) is 0 Å². The van der Waals surface area contributed by atoms with Crippen molar-refractivity contribution in [2.75, 3.05) is 12.3 Å². The number of aromatic nitrogens is 2. The Morgan fingerprint density at radius 2 is 1.95 bits per heavy atom. The van der Waals surface area contributed by atoms with Crippen LogP contribution in [-0.4, -0.2) is 27.3 Å². The minimum atomic E-state index is 0.508. The topological polar surface area (TPSA) is 47.1 Å². The first-order valence-corrected chi connectivity index (χ1v) is 6.72. The van der Waals surface area contributed by atoms with E-state index in [0.29, 0.717) is 11.9 Å². The number of hydrogen-bond acceptors (Lipinski definition) is 3. The fourth-order valence-electron chi connectivity index (χ4n) is 2.07. The average molecular weight is 258 g/mol. The van der Waals surface area contributed by atoms with Gasteiger partial charge in [0.25, 0.3) is 0 Å². The molecule has 0 amide bonds. The zero-order chi connectivity index (χ0) is 13.7. The van der Waals surface area contributed by atoms with Crippen LogP contribution >= 0.6 is 0 Å². The molecule has 4 heteroatoms. The van der Waals surface area contributed by atoms with Gasteiger partial charge in [0.15, 0.2) is 0 Å².